The molecule has 1 fully saturated rings. The van der Waals surface area contributed by atoms with Crippen molar-refractivity contribution in [3.8, 4) is 0 Å². The van der Waals surface area contributed by atoms with Gasteiger partial charge in [0.15, 0.2) is 0 Å². The van der Waals surface area contributed by atoms with Gasteiger partial charge in [-0.1, -0.05) is 0 Å². The van der Waals surface area contributed by atoms with Gasteiger partial charge in [-0.15, -0.1) is 10.3 Å². The van der Waals surface area contributed by atoms with Gasteiger partial charge in [0.2, 0.25) is 0 Å². The third-order valence-corrected chi connectivity index (χ3v) is 1.73. The molecular weight excluding hydrogens is 160 g/mol. The third-order valence-electron chi connectivity index (χ3n) is 1.73. The van der Waals surface area contributed by atoms with Gasteiger partial charge in [0.25, 0.3) is 0 Å². The normalized spacial score (nSPS) is 31.7. The first-order chi connectivity index (χ1) is 5.88. The molecule has 1 saturated heterocycles. The number of nitrogens with one attached hydrogen (secondary N) is 2. The van der Waals surface area contributed by atoms with Crippen molar-refractivity contribution in [1.82, 2.24) is 10.6 Å². The molecule has 1 aliphatic heterocycles. The van der Waals surface area contributed by atoms with E-state index < -0.39 is 0 Å². The highest BCUT2D eigenvalue weighted by Gasteiger charge is 2.21. The average Bonchev–Trinajstić information content (AvgIpc) is 2.09. The van der Waals surface area contributed by atoms with E-state index in [2.05, 4.69) is 20.9 Å². The van der Waals surface area contributed by atoms with Crippen molar-refractivity contribution in [2.45, 2.75) is 12.1 Å². The molecular formula is C6H12N4O2. The van der Waals surface area contributed by atoms with E-state index in [1.54, 1.807) is 0 Å². The predicted molar refractivity (Wildman–Crippen MR) is 44.1 cm³/mol. The van der Waals surface area contributed by atoms with Crippen LogP contribution in [0.3, 0.4) is 0 Å². The molecule has 0 aromatic heterocycles. The van der Waals surface area contributed by atoms with Gasteiger partial charge < -0.3 is 21.0 Å². The molecule has 1 aliphatic rings. The van der Waals surface area contributed by atoms with Crippen LogP contribution in [0.5, 0.6) is 0 Å². The summed E-state index contributed by atoms with van der Waals surface area (Å²) in [7, 11) is 0. The lowest BCUT2D eigenvalue weighted by Crippen LogP contribution is -2.57. The standard InChI is InChI=1S/C6H12N4O2/c11-9-3-5-6(4-10-12)8-2-1-7-5/h3-8,11-12H,1-2H2/b9-3+,10-4+. The zero-order valence-corrected chi connectivity index (χ0v) is 6.51. The van der Waals surface area contributed by atoms with Crippen LogP contribution in [0.4, 0.5) is 0 Å². The van der Waals surface area contributed by atoms with Crippen molar-refractivity contribution < 1.29 is 10.4 Å². The number of hydrogen-bond acceptors (Lipinski definition) is 6. The smallest absolute Gasteiger partial charge is 0.0667 e. The molecule has 0 aromatic rings. The molecule has 2 atom stereocenters. The lowest BCUT2D eigenvalue weighted by molar-refractivity contribution is 0.310. The largest absolute Gasteiger partial charge is 0.411 e. The fourth-order valence-corrected chi connectivity index (χ4v) is 1.17. The lowest BCUT2D eigenvalue weighted by atomic mass is 10.1. The van der Waals surface area contributed by atoms with E-state index in [1.807, 2.05) is 0 Å². The summed E-state index contributed by atoms with van der Waals surface area (Å²) in [6.07, 6.45) is 2.72. The van der Waals surface area contributed by atoms with Crippen LogP contribution in [-0.2, 0) is 0 Å². The Morgan fingerprint density at radius 2 is 1.42 bits per heavy atom. The lowest BCUT2D eigenvalue weighted by Gasteiger charge is -2.27. The second kappa shape index (κ2) is 4.68. The molecule has 0 spiro atoms. The molecule has 0 amide bonds. The van der Waals surface area contributed by atoms with Crippen LogP contribution in [0.15, 0.2) is 10.3 Å². The fraction of sp³-hybridized carbons (Fsp3) is 0.667. The zero-order valence-electron chi connectivity index (χ0n) is 6.51. The van der Waals surface area contributed by atoms with Crippen LogP contribution in [-0.4, -0.2) is 48.0 Å². The predicted octanol–water partition coefficient (Wildman–Crippen LogP) is -1.16. The molecule has 68 valence electrons. The fourth-order valence-electron chi connectivity index (χ4n) is 1.17. The maximum atomic E-state index is 8.30. The van der Waals surface area contributed by atoms with Gasteiger partial charge in [-0.2, -0.15) is 0 Å². The van der Waals surface area contributed by atoms with Crippen molar-refractivity contribution in [3.05, 3.63) is 0 Å². The Hall–Kier alpha value is -1.14. The second-order valence-corrected chi connectivity index (χ2v) is 2.49. The third kappa shape index (κ3) is 2.18. The Morgan fingerprint density at radius 3 is 1.75 bits per heavy atom. The number of hydrogen-bond donors (Lipinski definition) is 4. The van der Waals surface area contributed by atoms with E-state index >= 15 is 0 Å². The number of nitrogens with zero attached hydrogens (tertiary/aromatic N) is 2. The molecule has 0 aliphatic carbocycles. The summed E-state index contributed by atoms with van der Waals surface area (Å²) >= 11 is 0. The molecule has 6 nitrogen and oxygen atoms in total. The molecule has 0 radical (unpaired) electrons. The van der Waals surface area contributed by atoms with Gasteiger partial charge in [-0.25, -0.2) is 0 Å². The first-order valence-corrected chi connectivity index (χ1v) is 3.70. The summed E-state index contributed by atoms with van der Waals surface area (Å²) in [6.45, 7) is 1.60. The summed E-state index contributed by atoms with van der Waals surface area (Å²) in [4.78, 5) is 0. The van der Waals surface area contributed by atoms with Gasteiger partial charge in [0.1, 0.15) is 0 Å². The summed E-state index contributed by atoms with van der Waals surface area (Å²) < 4.78 is 0. The summed E-state index contributed by atoms with van der Waals surface area (Å²) in [5.41, 5.74) is 0. The van der Waals surface area contributed by atoms with Gasteiger partial charge in [-0.3, -0.25) is 0 Å². The maximum absolute atomic E-state index is 8.30. The van der Waals surface area contributed by atoms with Crippen LogP contribution >= 0.6 is 0 Å². The highest BCUT2D eigenvalue weighted by Crippen LogP contribution is 1.93. The molecule has 12 heavy (non-hydrogen) atoms. The Balaban J connectivity index is 2.53. The SMILES string of the molecule is O/N=C/C1NCCNC1/C=N/O. The van der Waals surface area contributed by atoms with Crippen molar-refractivity contribution in [2.75, 3.05) is 13.1 Å². The molecule has 0 saturated carbocycles. The molecule has 2 unspecified atom stereocenters. The highest BCUT2D eigenvalue weighted by atomic mass is 16.4. The minimum Gasteiger partial charge on any atom is -0.411 e. The highest BCUT2D eigenvalue weighted by molar-refractivity contribution is 5.76. The Labute approximate surface area is 69.9 Å². The molecule has 1 rings (SSSR count). The molecule has 0 aromatic carbocycles. The Kier molecular flexibility index (Phi) is 3.49. The maximum Gasteiger partial charge on any atom is 0.0667 e. The van der Waals surface area contributed by atoms with E-state index in [0.717, 1.165) is 13.1 Å². The van der Waals surface area contributed by atoms with E-state index in [-0.39, 0.29) is 12.1 Å². The van der Waals surface area contributed by atoms with Crippen LogP contribution in [0.2, 0.25) is 0 Å². The van der Waals surface area contributed by atoms with E-state index in [0.29, 0.717) is 0 Å². The minimum atomic E-state index is -0.125. The van der Waals surface area contributed by atoms with Crippen molar-refractivity contribution in [1.29, 1.82) is 0 Å². The van der Waals surface area contributed by atoms with Crippen LogP contribution in [0.1, 0.15) is 0 Å². The summed E-state index contributed by atoms with van der Waals surface area (Å²) in [6, 6.07) is -0.251. The van der Waals surface area contributed by atoms with Gasteiger partial charge in [-0.05, 0) is 0 Å². The summed E-state index contributed by atoms with van der Waals surface area (Å²) in [5, 5.41) is 28.6. The molecule has 4 N–H and O–H groups in total. The quantitative estimate of drug-likeness (QED) is 0.240. The summed E-state index contributed by atoms with van der Waals surface area (Å²) in [5.74, 6) is 0. The minimum absolute atomic E-state index is 0.125. The number of oxime groups is 2. The molecule has 6 heteroatoms. The second-order valence-electron chi connectivity index (χ2n) is 2.49. The Bertz CT molecular complexity index is 162. The molecule has 0 bridgehead atoms. The Morgan fingerprint density at radius 1 is 1.00 bits per heavy atom. The van der Waals surface area contributed by atoms with E-state index in [4.69, 9.17) is 10.4 Å². The first-order valence-electron chi connectivity index (χ1n) is 3.70. The van der Waals surface area contributed by atoms with Gasteiger partial charge in [0, 0.05) is 13.1 Å². The topological polar surface area (TPSA) is 89.2 Å². The monoisotopic (exact) mass is 172 g/mol. The van der Waals surface area contributed by atoms with Crippen LogP contribution in [0, 0.1) is 0 Å². The first kappa shape index (κ1) is 8.95. The van der Waals surface area contributed by atoms with Gasteiger partial charge >= 0.3 is 0 Å². The number of piperazine rings is 1. The average molecular weight is 172 g/mol. The zero-order chi connectivity index (χ0) is 8.81. The van der Waals surface area contributed by atoms with Crippen LogP contribution < -0.4 is 10.6 Å². The van der Waals surface area contributed by atoms with Gasteiger partial charge in [0.05, 0.1) is 24.5 Å². The van der Waals surface area contributed by atoms with Crippen molar-refractivity contribution in [2.24, 2.45) is 10.3 Å². The van der Waals surface area contributed by atoms with Crippen LogP contribution in [0.25, 0.3) is 0 Å². The van der Waals surface area contributed by atoms with E-state index in [1.165, 1.54) is 12.4 Å². The van der Waals surface area contributed by atoms with E-state index in [9.17, 15) is 0 Å². The number of rotatable bonds is 2. The van der Waals surface area contributed by atoms with Crippen molar-refractivity contribution in [3.63, 3.8) is 0 Å². The molecule has 1 heterocycles. The van der Waals surface area contributed by atoms with Crippen molar-refractivity contribution >= 4 is 12.4 Å².